The molecular formula is C55H61N13O11. The number of nitrogens with zero attached hydrogens (tertiary/aromatic N) is 7. The average molecular weight is 1080 g/mol. The fraction of sp³-hybridized carbons (Fsp3) is 0.309. The normalized spacial score (nSPS) is 14.4. The zero-order valence-corrected chi connectivity index (χ0v) is 44.7. The smallest absolute Gasteiger partial charge is 0.408 e. The number of carbonyl (C=O) groups is 8. The van der Waals surface area contributed by atoms with Crippen LogP contribution in [0.4, 0.5) is 33.4 Å². The van der Waals surface area contributed by atoms with Crippen LogP contribution in [-0.4, -0.2) is 127 Å². The first-order chi connectivity index (χ1) is 37.7. The molecule has 0 aliphatic carbocycles. The lowest BCUT2D eigenvalue weighted by molar-refractivity contribution is -0.128. The summed E-state index contributed by atoms with van der Waals surface area (Å²) in [5.74, 6) is -2.55. The van der Waals surface area contributed by atoms with E-state index in [9.17, 15) is 38.4 Å². The molecule has 3 atom stereocenters. The first-order valence-electron chi connectivity index (χ1n) is 25.2. The van der Waals surface area contributed by atoms with Crippen molar-refractivity contribution in [2.24, 2.45) is 32.1 Å². The predicted octanol–water partition coefficient (Wildman–Crippen LogP) is 5.92. The lowest BCUT2D eigenvalue weighted by atomic mass is 10.0. The molecule has 24 heteroatoms. The van der Waals surface area contributed by atoms with Crippen LogP contribution < -0.4 is 41.4 Å². The maximum absolute atomic E-state index is 13.9. The molecule has 0 unspecified atom stereocenters. The molecule has 0 saturated carbocycles. The van der Waals surface area contributed by atoms with Crippen molar-refractivity contribution in [3.8, 4) is 11.5 Å². The van der Waals surface area contributed by atoms with Gasteiger partial charge in [-0.2, -0.15) is 0 Å². The Morgan fingerprint density at radius 2 is 1.53 bits per heavy atom. The monoisotopic (exact) mass is 1080 g/mol. The van der Waals surface area contributed by atoms with E-state index in [4.69, 9.17) is 14.2 Å². The zero-order chi connectivity index (χ0) is 56.8. The first-order valence-corrected chi connectivity index (χ1v) is 25.2. The molecule has 0 radical (unpaired) electrons. The maximum Gasteiger partial charge on any atom is 0.408 e. The van der Waals surface area contributed by atoms with Gasteiger partial charge in [0.2, 0.25) is 23.5 Å². The summed E-state index contributed by atoms with van der Waals surface area (Å²) < 4.78 is 22.4. The third-order valence-electron chi connectivity index (χ3n) is 13.1. The van der Waals surface area contributed by atoms with Crippen LogP contribution in [0.15, 0.2) is 103 Å². The molecule has 1 saturated heterocycles. The van der Waals surface area contributed by atoms with Crippen LogP contribution in [0.3, 0.4) is 0 Å². The van der Waals surface area contributed by atoms with E-state index in [1.807, 2.05) is 0 Å². The van der Waals surface area contributed by atoms with Gasteiger partial charge in [0.25, 0.3) is 23.6 Å². The second-order valence-corrected chi connectivity index (χ2v) is 19.4. The van der Waals surface area contributed by atoms with Crippen molar-refractivity contribution in [1.82, 2.24) is 38.8 Å². The number of nitrogens with one attached hydrogen (secondary N) is 6. The Balaban J connectivity index is 0.813. The van der Waals surface area contributed by atoms with Gasteiger partial charge in [-0.3, -0.25) is 43.1 Å². The van der Waals surface area contributed by atoms with Crippen molar-refractivity contribution in [3.63, 3.8) is 0 Å². The molecule has 24 nitrogen and oxygen atoms in total. The molecular weight excluding hydrogens is 1020 g/mol. The Hall–Kier alpha value is -9.74. The summed E-state index contributed by atoms with van der Waals surface area (Å²) in [6.07, 6.45) is 9.63. The minimum atomic E-state index is -0.974. The number of ether oxygens (including phenoxy) is 3. The maximum atomic E-state index is 13.9. The summed E-state index contributed by atoms with van der Waals surface area (Å²) in [5, 5.41) is 16.8. The number of imidazole rings is 1. The number of anilines is 4. The van der Waals surface area contributed by atoms with Crippen molar-refractivity contribution < 1.29 is 52.6 Å². The van der Waals surface area contributed by atoms with Crippen molar-refractivity contribution in [2.75, 3.05) is 48.1 Å². The molecule has 8 rings (SSSR count). The molecule has 0 bridgehead atoms. The predicted molar refractivity (Wildman–Crippen MR) is 294 cm³/mol. The van der Waals surface area contributed by atoms with Crippen LogP contribution in [0, 0.1) is 5.92 Å². The van der Waals surface area contributed by atoms with Gasteiger partial charge in [0.05, 0.1) is 47.9 Å². The molecule has 6 N–H and O–H groups in total. The van der Waals surface area contributed by atoms with Crippen LogP contribution in [0.1, 0.15) is 82.0 Å². The minimum absolute atomic E-state index is 0.0105. The third kappa shape index (κ3) is 12.6. The summed E-state index contributed by atoms with van der Waals surface area (Å²) >= 11 is 0. The Bertz CT molecular complexity index is 3470. The van der Waals surface area contributed by atoms with Crippen LogP contribution in [-0.2, 0) is 40.3 Å². The highest BCUT2D eigenvalue weighted by molar-refractivity contribution is 6.08. The molecule has 2 aliphatic rings. The summed E-state index contributed by atoms with van der Waals surface area (Å²) in [6.45, 7) is 13.1. The van der Waals surface area contributed by atoms with E-state index in [1.54, 1.807) is 106 Å². The van der Waals surface area contributed by atoms with Gasteiger partial charge in [-0.15, -0.1) is 0 Å². The Labute approximate surface area is 453 Å². The highest BCUT2D eigenvalue weighted by atomic mass is 16.5. The van der Waals surface area contributed by atoms with Gasteiger partial charge < -0.3 is 64.7 Å². The lowest BCUT2D eigenvalue weighted by Crippen LogP contribution is -2.53. The number of aromatic nitrogens is 5. The van der Waals surface area contributed by atoms with E-state index in [0.29, 0.717) is 70.1 Å². The molecule has 1 fully saturated rings. The van der Waals surface area contributed by atoms with Gasteiger partial charge in [-0.25, -0.2) is 9.78 Å². The van der Waals surface area contributed by atoms with E-state index in [2.05, 4.69) is 55.0 Å². The van der Waals surface area contributed by atoms with Gasteiger partial charge in [0.1, 0.15) is 30.1 Å². The number of hydrogen-bond donors (Lipinski definition) is 6. The Morgan fingerprint density at radius 3 is 2.25 bits per heavy atom. The minimum Gasteiger partial charge on any atom is -0.493 e. The SMILES string of the molecule is C=CCOC(=O)N[C@H](C(=O)N[C@@H](C)C(=O)Nc1ccc2c(ccn2C(=O)c2cc(NC(=O)c3cc(NC(=O)c4nc(NC(=O)CCCOc5cc6c(cc5OC)C(=O)N5CC(=C)C[C@H]5C=N6)cn4C)cn3C)cn2C)c1)C(C)C. The molecule has 0 spiro atoms. The van der Waals surface area contributed by atoms with Crippen molar-refractivity contribution in [1.29, 1.82) is 0 Å². The van der Waals surface area contributed by atoms with Crippen molar-refractivity contribution in [2.45, 2.75) is 58.2 Å². The Kier molecular flexibility index (Phi) is 16.6. The molecule has 412 valence electrons. The molecule has 6 heterocycles. The summed E-state index contributed by atoms with van der Waals surface area (Å²) in [4.78, 5) is 116. The number of rotatable bonds is 20. The number of aryl methyl sites for hydroxylation is 3. The quantitative estimate of drug-likeness (QED) is 0.0384. The molecule has 2 aliphatic heterocycles. The van der Waals surface area contributed by atoms with Gasteiger partial charge in [-0.1, -0.05) is 38.7 Å². The molecule has 6 aromatic rings. The molecule has 4 aromatic heterocycles. The number of methoxy groups -OCH3 is 1. The van der Waals surface area contributed by atoms with Crippen LogP contribution in [0.25, 0.3) is 10.9 Å². The summed E-state index contributed by atoms with van der Waals surface area (Å²) in [6, 6.07) is 10.9. The fourth-order valence-corrected chi connectivity index (χ4v) is 9.03. The Morgan fingerprint density at radius 1 is 0.810 bits per heavy atom. The van der Waals surface area contributed by atoms with E-state index in [1.165, 1.54) is 52.1 Å². The zero-order valence-electron chi connectivity index (χ0n) is 44.7. The van der Waals surface area contributed by atoms with Crippen LogP contribution >= 0.6 is 0 Å². The second-order valence-electron chi connectivity index (χ2n) is 19.4. The average Bonchev–Trinajstić information content (AvgIpc) is 4.30. The van der Waals surface area contributed by atoms with E-state index < -0.39 is 47.7 Å². The van der Waals surface area contributed by atoms with Gasteiger partial charge in [0, 0.05) is 82.3 Å². The summed E-state index contributed by atoms with van der Waals surface area (Å²) in [7, 11) is 6.37. The number of aliphatic imine (C=N–C) groups is 1. The molecule has 79 heavy (non-hydrogen) atoms. The number of fused-ring (bicyclic) bond motifs is 3. The van der Waals surface area contributed by atoms with Gasteiger partial charge in [0.15, 0.2) is 17.3 Å². The molecule has 2 aromatic carbocycles. The summed E-state index contributed by atoms with van der Waals surface area (Å²) in [5.41, 5.74) is 3.85. The largest absolute Gasteiger partial charge is 0.493 e. The van der Waals surface area contributed by atoms with E-state index in [-0.39, 0.29) is 66.4 Å². The topological polar surface area (TPSA) is 285 Å². The van der Waals surface area contributed by atoms with Gasteiger partial charge in [-0.05, 0) is 68.1 Å². The third-order valence-corrected chi connectivity index (χ3v) is 13.1. The number of amides is 7. The van der Waals surface area contributed by atoms with E-state index in [0.717, 1.165) is 5.57 Å². The van der Waals surface area contributed by atoms with Gasteiger partial charge >= 0.3 is 6.09 Å². The highest BCUT2D eigenvalue weighted by Crippen LogP contribution is 2.38. The number of carbonyl (C=O) groups excluding carboxylic acids is 8. The van der Waals surface area contributed by atoms with E-state index >= 15 is 0 Å². The van der Waals surface area contributed by atoms with Crippen LogP contribution in [0.5, 0.6) is 11.5 Å². The molecule has 7 amide bonds. The standard InChI is InChI=1S/C55H61N13O11/c1-10-17-79-55(76)63-47(30(2)3)51(72)57-32(5)49(70)58-34-13-14-40-33(20-34)15-16-67(40)54(75)42-22-36(28-65(42)7)59-50(71)41-21-35(27-64(41)6)60-52(73)48-62-45(29-66(48)8)61-46(69)12-11-18-78-44-24-39-38(23-43(44)77-9)53(74)68-26-31(4)19-37(68)25-56-39/h10,13-16,20-25,27-30,32,37,47H,1,4,11-12,17-19,26H2,2-3,5-9H3,(H,57,72)(H,58,70)(H,59,71)(H,60,73)(H,61,69)(H,63,76)/t32-,37-,47-/m0/s1. The fourth-order valence-electron chi connectivity index (χ4n) is 9.03. The van der Waals surface area contributed by atoms with Crippen molar-refractivity contribution in [3.05, 3.63) is 121 Å². The number of alkyl carbamates (subject to hydrolysis) is 1. The highest BCUT2D eigenvalue weighted by Gasteiger charge is 2.35. The number of hydrogen-bond acceptors (Lipinski definition) is 13. The van der Waals surface area contributed by atoms with Crippen LogP contribution in [0.2, 0.25) is 0 Å². The number of benzene rings is 2. The second kappa shape index (κ2) is 23.7. The first kappa shape index (κ1) is 55.5. The lowest BCUT2D eigenvalue weighted by Gasteiger charge is -2.23. The van der Waals surface area contributed by atoms with Crippen molar-refractivity contribution >= 4 is 93.1 Å².